The van der Waals surface area contributed by atoms with Crippen molar-refractivity contribution in [3.05, 3.63) is 0 Å². The Morgan fingerprint density at radius 2 is 2.00 bits per heavy atom. The second kappa shape index (κ2) is 6.23. The average molecular weight is 257 g/mol. The van der Waals surface area contributed by atoms with Crippen molar-refractivity contribution in [3.8, 4) is 0 Å². The molecule has 0 radical (unpaired) electrons. The standard InChI is InChI=1S/C11H19N3O4/c12-9(15)4-3-8(10(13)16)7-2-1-5-14(6-7)11(17)18/h7-8H,1-6H2,(H2,12,15)(H2,13,16)(H,17,18). The maximum absolute atomic E-state index is 11.4. The van der Waals surface area contributed by atoms with Gasteiger partial charge in [0.05, 0.1) is 0 Å². The van der Waals surface area contributed by atoms with Crippen LogP contribution in [-0.4, -0.2) is 41.0 Å². The summed E-state index contributed by atoms with van der Waals surface area (Å²) in [6.45, 7) is 0.773. The molecule has 0 aliphatic carbocycles. The van der Waals surface area contributed by atoms with E-state index in [2.05, 4.69) is 0 Å². The van der Waals surface area contributed by atoms with E-state index in [1.165, 1.54) is 4.90 Å². The van der Waals surface area contributed by atoms with Gasteiger partial charge in [-0.2, -0.15) is 0 Å². The molecule has 0 aromatic rings. The van der Waals surface area contributed by atoms with Gasteiger partial charge in [-0.1, -0.05) is 0 Å². The Morgan fingerprint density at radius 3 is 2.50 bits per heavy atom. The van der Waals surface area contributed by atoms with Crippen LogP contribution in [0.3, 0.4) is 0 Å². The number of amides is 3. The van der Waals surface area contributed by atoms with Crippen LogP contribution in [0.25, 0.3) is 0 Å². The van der Waals surface area contributed by atoms with Crippen molar-refractivity contribution in [2.75, 3.05) is 13.1 Å². The van der Waals surface area contributed by atoms with Crippen molar-refractivity contribution in [1.29, 1.82) is 0 Å². The molecular formula is C11H19N3O4. The Bertz CT molecular complexity index is 345. The first-order chi connectivity index (χ1) is 8.41. The largest absolute Gasteiger partial charge is 0.465 e. The van der Waals surface area contributed by atoms with E-state index in [4.69, 9.17) is 16.6 Å². The van der Waals surface area contributed by atoms with Crippen LogP contribution in [0.1, 0.15) is 25.7 Å². The summed E-state index contributed by atoms with van der Waals surface area (Å²) >= 11 is 0. The molecule has 1 saturated heterocycles. The molecule has 0 saturated carbocycles. The molecule has 18 heavy (non-hydrogen) atoms. The van der Waals surface area contributed by atoms with Crippen LogP contribution < -0.4 is 11.5 Å². The fourth-order valence-corrected chi connectivity index (χ4v) is 2.42. The third-order valence-electron chi connectivity index (χ3n) is 3.36. The summed E-state index contributed by atoms with van der Waals surface area (Å²) in [4.78, 5) is 34.3. The van der Waals surface area contributed by atoms with E-state index in [-0.39, 0.29) is 12.3 Å². The van der Waals surface area contributed by atoms with Crippen molar-refractivity contribution in [2.24, 2.45) is 23.3 Å². The smallest absolute Gasteiger partial charge is 0.407 e. The highest BCUT2D eigenvalue weighted by Crippen LogP contribution is 2.27. The molecule has 0 aromatic heterocycles. The van der Waals surface area contributed by atoms with Gasteiger partial charge in [-0.05, 0) is 25.2 Å². The molecule has 1 aliphatic heterocycles. The third-order valence-corrected chi connectivity index (χ3v) is 3.36. The van der Waals surface area contributed by atoms with Crippen molar-refractivity contribution >= 4 is 17.9 Å². The molecule has 1 heterocycles. The van der Waals surface area contributed by atoms with E-state index in [1.807, 2.05) is 0 Å². The van der Waals surface area contributed by atoms with Gasteiger partial charge in [-0.15, -0.1) is 0 Å². The zero-order chi connectivity index (χ0) is 13.7. The summed E-state index contributed by atoms with van der Waals surface area (Å²) < 4.78 is 0. The highest BCUT2D eigenvalue weighted by atomic mass is 16.4. The summed E-state index contributed by atoms with van der Waals surface area (Å²) in [6.07, 6.45) is 0.853. The first kappa shape index (κ1) is 14.3. The summed E-state index contributed by atoms with van der Waals surface area (Å²) in [6, 6.07) is 0. The molecule has 102 valence electrons. The predicted molar refractivity (Wildman–Crippen MR) is 63.4 cm³/mol. The number of piperidine rings is 1. The molecule has 7 nitrogen and oxygen atoms in total. The van der Waals surface area contributed by atoms with Crippen LogP contribution in [-0.2, 0) is 9.59 Å². The van der Waals surface area contributed by atoms with Crippen molar-refractivity contribution in [2.45, 2.75) is 25.7 Å². The van der Waals surface area contributed by atoms with Crippen molar-refractivity contribution in [3.63, 3.8) is 0 Å². The lowest BCUT2D eigenvalue weighted by molar-refractivity contribution is -0.125. The van der Waals surface area contributed by atoms with Crippen molar-refractivity contribution in [1.82, 2.24) is 4.90 Å². The van der Waals surface area contributed by atoms with Gasteiger partial charge < -0.3 is 21.5 Å². The van der Waals surface area contributed by atoms with E-state index in [1.54, 1.807) is 0 Å². The minimum absolute atomic E-state index is 0.0944. The van der Waals surface area contributed by atoms with Crippen LogP contribution >= 0.6 is 0 Å². The monoisotopic (exact) mass is 257 g/mol. The van der Waals surface area contributed by atoms with E-state index >= 15 is 0 Å². The van der Waals surface area contributed by atoms with Gasteiger partial charge in [0.2, 0.25) is 11.8 Å². The van der Waals surface area contributed by atoms with E-state index in [0.717, 1.165) is 6.42 Å². The van der Waals surface area contributed by atoms with Crippen LogP contribution in [0.2, 0.25) is 0 Å². The van der Waals surface area contributed by atoms with Gasteiger partial charge in [0.25, 0.3) is 0 Å². The lowest BCUT2D eigenvalue weighted by Gasteiger charge is -2.34. The molecule has 5 N–H and O–H groups in total. The molecule has 2 unspecified atom stereocenters. The predicted octanol–water partition coefficient (Wildman–Crippen LogP) is -0.257. The van der Waals surface area contributed by atoms with Gasteiger partial charge in [0, 0.05) is 25.4 Å². The molecule has 0 bridgehead atoms. The molecule has 1 fully saturated rings. The summed E-state index contributed by atoms with van der Waals surface area (Å²) in [5, 5.41) is 8.93. The number of carbonyl (C=O) groups excluding carboxylic acids is 2. The van der Waals surface area contributed by atoms with E-state index in [0.29, 0.717) is 25.9 Å². The maximum atomic E-state index is 11.4. The summed E-state index contributed by atoms with van der Waals surface area (Å²) in [7, 11) is 0. The Hall–Kier alpha value is -1.79. The number of nitrogens with zero attached hydrogens (tertiary/aromatic N) is 1. The number of carboxylic acid groups (broad SMARTS) is 1. The second-order valence-electron chi connectivity index (χ2n) is 4.64. The van der Waals surface area contributed by atoms with Gasteiger partial charge in [0.1, 0.15) is 0 Å². The molecule has 7 heteroatoms. The van der Waals surface area contributed by atoms with Crippen molar-refractivity contribution < 1.29 is 19.5 Å². The Kier molecular flexibility index (Phi) is 4.94. The van der Waals surface area contributed by atoms with Crippen LogP contribution in [0.15, 0.2) is 0 Å². The Morgan fingerprint density at radius 1 is 1.33 bits per heavy atom. The zero-order valence-corrected chi connectivity index (χ0v) is 10.2. The molecule has 3 amide bonds. The van der Waals surface area contributed by atoms with Gasteiger partial charge in [0.15, 0.2) is 0 Å². The number of carbonyl (C=O) groups is 3. The minimum Gasteiger partial charge on any atom is -0.465 e. The van der Waals surface area contributed by atoms with Gasteiger partial charge in [-0.3, -0.25) is 9.59 Å². The topological polar surface area (TPSA) is 127 Å². The summed E-state index contributed by atoms with van der Waals surface area (Å²) in [5.74, 6) is -1.58. The average Bonchev–Trinajstić information content (AvgIpc) is 2.28. The Balaban J connectivity index is 2.64. The fraction of sp³-hybridized carbons (Fsp3) is 0.727. The highest BCUT2D eigenvalue weighted by Gasteiger charge is 2.32. The zero-order valence-electron chi connectivity index (χ0n) is 10.2. The quantitative estimate of drug-likeness (QED) is 0.627. The molecule has 1 aliphatic rings. The second-order valence-corrected chi connectivity index (χ2v) is 4.64. The molecule has 2 atom stereocenters. The normalized spacial score (nSPS) is 21.3. The van der Waals surface area contributed by atoms with Gasteiger partial charge >= 0.3 is 6.09 Å². The lowest BCUT2D eigenvalue weighted by Crippen LogP contribution is -2.44. The number of hydrogen-bond acceptors (Lipinski definition) is 3. The molecule has 1 rings (SSSR count). The van der Waals surface area contributed by atoms with Crippen LogP contribution in [0.4, 0.5) is 4.79 Å². The Labute approximate surface area is 105 Å². The number of nitrogens with two attached hydrogens (primary N) is 2. The maximum Gasteiger partial charge on any atom is 0.407 e. The highest BCUT2D eigenvalue weighted by molar-refractivity contribution is 5.79. The van der Waals surface area contributed by atoms with Gasteiger partial charge in [-0.25, -0.2) is 4.79 Å². The molecular weight excluding hydrogens is 238 g/mol. The molecule has 0 aromatic carbocycles. The van der Waals surface area contributed by atoms with E-state index < -0.39 is 23.8 Å². The lowest BCUT2D eigenvalue weighted by atomic mass is 9.82. The SMILES string of the molecule is NC(=O)CCC(C(N)=O)C1CCCN(C(=O)O)C1. The first-order valence-corrected chi connectivity index (χ1v) is 5.97. The minimum atomic E-state index is -0.988. The summed E-state index contributed by atoms with van der Waals surface area (Å²) in [5.41, 5.74) is 10.4. The number of rotatable bonds is 5. The van der Waals surface area contributed by atoms with E-state index in [9.17, 15) is 14.4 Å². The first-order valence-electron chi connectivity index (χ1n) is 5.97. The number of hydrogen-bond donors (Lipinski definition) is 3. The van der Waals surface area contributed by atoms with Crippen LogP contribution in [0, 0.1) is 11.8 Å². The number of likely N-dealkylation sites (tertiary alicyclic amines) is 1. The number of primary amides is 2. The third kappa shape index (κ3) is 3.90. The molecule has 0 spiro atoms. The van der Waals surface area contributed by atoms with Crippen LogP contribution in [0.5, 0.6) is 0 Å². The fourth-order valence-electron chi connectivity index (χ4n) is 2.42.